The zero-order valence-corrected chi connectivity index (χ0v) is 31.1. The molecule has 56 heavy (non-hydrogen) atoms. The first kappa shape index (κ1) is 34.7. The van der Waals surface area contributed by atoms with Crippen molar-refractivity contribution in [3.8, 4) is 5.75 Å². The van der Waals surface area contributed by atoms with E-state index in [1.165, 1.54) is 9.80 Å². The van der Waals surface area contributed by atoms with Crippen LogP contribution in [0.2, 0.25) is 5.02 Å². The van der Waals surface area contributed by atoms with Gasteiger partial charge in [0.15, 0.2) is 0 Å². The molecule has 10 rings (SSSR count). The van der Waals surface area contributed by atoms with Gasteiger partial charge in [-0.15, -0.1) is 0 Å². The number of fused-ring (bicyclic) bond motifs is 5. The monoisotopic (exact) mass is 763 g/mol. The van der Waals surface area contributed by atoms with E-state index in [9.17, 15) is 14.7 Å². The molecule has 1 saturated carbocycles. The zero-order valence-electron chi connectivity index (χ0n) is 30.4. The molecular formula is C46H38ClN3O6. The Morgan fingerprint density at radius 3 is 2.20 bits per heavy atom. The number of anilines is 3. The third-order valence-electron chi connectivity index (χ3n) is 12.9. The Morgan fingerprint density at radius 2 is 1.43 bits per heavy atom. The van der Waals surface area contributed by atoms with Crippen LogP contribution in [0.4, 0.5) is 17.1 Å². The zero-order chi connectivity index (χ0) is 38.3. The molecule has 5 aromatic carbocycles. The Hall–Kier alpha value is -5.77. The van der Waals surface area contributed by atoms with Crippen molar-refractivity contribution >= 4 is 63.1 Å². The maximum atomic E-state index is 15.6. The fourth-order valence-electron chi connectivity index (χ4n) is 10.5. The number of carbonyl (C=O) groups excluding carboxylic acids is 4. The molecule has 4 fully saturated rings. The van der Waals surface area contributed by atoms with Gasteiger partial charge in [-0.1, -0.05) is 96.0 Å². The van der Waals surface area contributed by atoms with Crippen LogP contribution in [-0.4, -0.2) is 55.0 Å². The molecule has 1 N–H and O–H groups in total. The van der Waals surface area contributed by atoms with E-state index in [-0.39, 0.29) is 30.4 Å². The Balaban J connectivity index is 1.14. The van der Waals surface area contributed by atoms with Crippen LogP contribution in [0.25, 0.3) is 10.8 Å². The minimum absolute atomic E-state index is 0.0168. The molecule has 3 heterocycles. The largest absolute Gasteiger partial charge is 0.507 e. The highest BCUT2D eigenvalue weighted by Gasteiger charge is 2.70. The van der Waals surface area contributed by atoms with Crippen LogP contribution in [-0.2, 0) is 29.3 Å². The molecule has 10 heteroatoms. The number of hydrogen-bond donors (Lipinski definition) is 1. The molecule has 5 aromatic rings. The molecule has 3 aliphatic heterocycles. The van der Waals surface area contributed by atoms with Crippen LogP contribution < -0.4 is 14.7 Å². The number of nitrogens with zero attached hydrogens (tertiary/aromatic N) is 3. The van der Waals surface area contributed by atoms with E-state index in [1.54, 1.807) is 24.3 Å². The number of rotatable bonds is 5. The summed E-state index contributed by atoms with van der Waals surface area (Å²) in [5.74, 6) is -5.12. The van der Waals surface area contributed by atoms with Crippen LogP contribution in [0.3, 0.4) is 0 Å². The van der Waals surface area contributed by atoms with Gasteiger partial charge >= 0.3 is 0 Å². The summed E-state index contributed by atoms with van der Waals surface area (Å²) in [5.41, 5.74) is 2.29. The Morgan fingerprint density at radius 1 is 0.696 bits per heavy atom. The number of ether oxygens (including phenoxy) is 1. The van der Waals surface area contributed by atoms with Gasteiger partial charge in [-0.2, -0.15) is 0 Å². The average molecular weight is 764 g/mol. The lowest BCUT2D eigenvalue weighted by atomic mass is 9.49. The smallest absolute Gasteiger partial charge is 0.246 e. The van der Waals surface area contributed by atoms with Gasteiger partial charge in [-0.3, -0.25) is 24.1 Å². The van der Waals surface area contributed by atoms with Crippen molar-refractivity contribution in [2.45, 2.75) is 24.2 Å². The molecule has 0 radical (unpaired) electrons. The van der Waals surface area contributed by atoms with E-state index in [0.29, 0.717) is 46.1 Å². The number of carbonyl (C=O) groups is 4. The van der Waals surface area contributed by atoms with Gasteiger partial charge in [0, 0.05) is 40.7 Å². The molecular weight excluding hydrogens is 726 g/mol. The molecule has 6 atom stereocenters. The highest BCUT2D eigenvalue weighted by Crippen LogP contribution is 2.65. The third kappa shape index (κ3) is 4.96. The van der Waals surface area contributed by atoms with Crippen LogP contribution in [0, 0.1) is 23.7 Å². The molecule has 4 amide bonds. The molecule has 9 nitrogen and oxygen atoms in total. The molecule has 0 aromatic heterocycles. The molecule has 0 unspecified atom stereocenters. The van der Waals surface area contributed by atoms with Gasteiger partial charge in [0.2, 0.25) is 23.6 Å². The van der Waals surface area contributed by atoms with E-state index >= 15 is 9.59 Å². The summed E-state index contributed by atoms with van der Waals surface area (Å²) in [4.78, 5) is 64.6. The molecule has 280 valence electrons. The topological polar surface area (TPSA) is 107 Å². The van der Waals surface area contributed by atoms with Gasteiger partial charge in [0.05, 0.1) is 47.8 Å². The van der Waals surface area contributed by atoms with Crippen molar-refractivity contribution in [1.82, 2.24) is 0 Å². The fraction of sp³-hybridized carbons (Fsp3) is 0.261. The molecule has 0 bridgehead atoms. The van der Waals surface area contributed by atoms with Gasteiger partial charge < -0.3 is 14.7 Å². The minimum atomic E-state index is -1.49. The number of phenols is 1. The number of phenolic OH excluding ortho intramolecular Hbond substituents is 1. The molecule has 3 saturated heterocycles. The number of benzene rings is 5. The van der Waals surface area contributed by atoms with E-state index in [2.05, 4.69) is 4.90 Å². The van der Waals surface area contributed by atoms with E-state index in [0.717, 1.165) is 29.7 Å². The third-order valence-corrected chi connectivity index (χ3v) is 13.1. The van der Waals surface area contributed by atoms with Crippen molar-refractivity contribution < 1.29 is 29.0 Å². The van der Waals surface area contributed by atoms with Gasteiger partial charge in [0.25, 0.3) is 0 Å². The van der Waals surface area contributed by atoms with Crippen LogP contribution >= 0.6 is 11.6 Å². The van der Waals surface area contributed by atoms with E-state index in [1.807, 2.05) is 97.1 Å². The van der Waals surface area contributed by atoms with Crippen molar-refractivity contribution in [2.75, 3.05) is 41.0 Å². The Bertz CT molecular complexity index is 2480. The Labute approximate surface area is 328 Å². The summed E-state index contributed by atoms with van der Waals surface area (Å²) in [6.45, 7) is 2.80. The second-order valence-corrected chi connectivity index (χ2v) is 15.9. The number of hydrogen-bond acceptors (Lipinski definition) is 7. The summed E-state index contributed by atoms with van der Waals surface area (Å²) in [6.07, 6.45) is 2.46. The van der Waals surface area contributed by atoms with Crippen LogP contribution in [0.5, 0.6) is 5.75 Å². The van der Waals surface area contributed by atoms with Crippen molar-refractivity contribution in [1.29, 1.82) is 0 Å². The first-order chi connectivity index (χ1) is 27.3. The maximum absolute atomic E-state index is 15.6. The van der Waals surface area contributed by atoms with Gasteiger partial charge in [-0.05, 0) is 72.2 Å². The predicted octanol–water partition coefficient (Wildman–Crippen LogP) is 7.40. The molecule has 2 aliphatic carbocycles. The van der Waals surface area contributed by atoms with Crippen molar-refractivity contribution in [2.24, 2.45) is 23.7 Å². The number of imide groups is 2. The summed E-state index contributed by atoms with van der Waals surface area (Å²) in [7, 11) is 0. The average Bonchev–Trinajstić information content (AvgIpc) is 3.62. The van der Waals surface area contributed by atoms with Crippen molar-refractivity contribution in [3.05, 3.63) is 143 Å². The lowest BCUT2D eigenvalue weighted by molar-refractivity contribution is -0.127. The predicted molar refractivity (Wildman–Crippen MR) is 214 cm³/mol. The lowest BCUT2D eigenvalue weighted by Crippen LogP contribution is -2.53. The van der Waals surface area contributed by atoms with Crippen LogP contribution in [0.15, 0.2) is 127 Å². The number of morpholine rings is 1. The normalized spacial score (nSPS) is 27.3. The molecule has 0 spiro atoms. The van der Waals surface area contributed by atoms with Crippen molar-refractivity contribution in [3.63, 3.8) is 0 Å². The first-order valence-corrected chi connectivity index (χ1v) is 19.6. The van der Waals surface area contributed by atoms with E-state index < -0.39 is 46.8 Å². The quantitative estimate of drug-likeness (QED) is 0.147. The number of amides is 4. The number of halogens is 1. The highest BCUT2D eigenvalue weighted by atomic mass is 35.5. The summed E-state index contributed by atoms with van der Waals surface area (Å²) >= 11 is 6.45. The number of aromatic hydroxyl groups is 1. The lowest BCUT2D eigenvalue weighted by Gasteiger charge is -2.50. The molecule has 5 aliphatic rings. The second kappa shape index (κ2) is 13.2. The standard InChI is InChI=1S/C46H38ClN3O6/c47-29-10-6-11-32(25-29)50-43(53)38-26-37-34(19-20-35-39(37)44(54)49(42(35)52)31-16-14-30(15-17-31)48-21-23-56-24-22-48)40(46(38,45(50)55)28-8-2-1-3-9-28)36-18-13-27-7-4-5-12-33(27)41(36)51/h1-19,25,35,37-40,51H,20-24,26H2/t35-,37+,38-,39-,40+,46+/m0/s1. The van der Waals surface area contributed by atoms with E-state index in [4.69, 9.17) is 16.3 Å². The summed E-state index contributed by atoms with van der Waals surface area (Å²) in [5, 5.41) is 14.1. The number of allylic oxidation sites excluding steroid dienone is 2. The summed E-state index contributed by atoms with van der Waals surface area (Å²) in [6, 6.07) is 34.9. The van der Waals surface area contributed by atoms with Gasteiger partial charge in [-0.25, -0.2) is 4.90 Å². The first-order valence-electron chi connectivity index (χ1n) is 19.2. The SMILES string of the molecule is O=C1[C@H]2[C@H](CC=C3[C@H]2C[C@H]2C(=O)N(c4cccc(Cl)c4)C(=O)[C@@]2(c2ccccc2)[C@H]3c2ccc3ccccc3c2O)C(=O)N1c1ccc(N2CCOCC2)cc1. The minimum Gasteiger partial charge on any atom is -0.507 e. The highest BCUT2D eigenvalue weighted by molar-refractivity contribution is 6.32. The van der Waals surface area contributed by atoms with Crippen LogP contribution in [0.1, 0.15) is 29.9 Å². The maximum Gasteiger partial charge on any atom is 0.246 e. The fourth-order valence-corrected chi connectivity index (χ4v) is 10.7. The summed E-state index contributed by atoms with van der Waals surface area (Å²) < 4.78 is 5.51. The Kier molecular flexibility index (Phi) is 8.16. The van der Waals surface area contributed by atoms with Gasteiger partial charge in [0.1, 0.15) is 5.75 Å². The second-order valence-electron chi connectivity index (χ2n) is 15.4.